The lowest BCUT2D eigenvalue weighted by atomic mass is 10.0. The monoisotopic (exact) mass is 332 g/mol. The van der Waals surface area contributed by atoms with E-state index in [1.54, 1.807) is 31.2 Å². The van der Waals surface area contributed by atoms with Crippen molar-refractivity contribution in [2.75, 3.05) is 0 Å². The number of benzene rings is 2. The predicted molar refractivity (Wildman–Crippen MR) is 78.5 cm³/mol. The number of carbonyl (C=O) groups is 1. The van der Waals surface area contributed by atoms with E-state index in [1.807, 2.05) is 0 Å². The molecule has 100 valence electrons. The van der Waals surface area contributed by atoms with Crippen LogP contribution in [0.15, 0.2) is 51.4 Å². The van der Waals surface area contributed by atoms with Crippen LogP contribution in [0.5, 0.6) is 0 Å². The number of furan rings is 1. The zero-order valence-corrected chi connectivity index (χ0v) is 12.2. The molecule has 1 heterocycles. The third-order valence-corrected chi connectivity index (χ3v) is 3.74. The fourth-order valence-electron chi connectivity index (χ4n) is 2.14. The number of aryl methyl sites for hydroxylation is 1. The van der Waals surface area contributed by atoms with Crippen LogP contribution >= 0.6 is 15.9 Å². The van der Waals surface area contributed by atoms with Crippen LogP contribution in [0.3, 0.4) is 0 Å². The molecule has 0 saturated heterocycles. The smallest absolute Gasteiger partial charge is 0.228 e. The van der Waals surface area contributed by atoms with E-state index in [2.05, 4.69) is 15.9 Å². The molecule has 0 fully saturated rings. The second-order valence-corrected chi connectivity index (χ2v) is 5.45. The van der Waals surface area contributed by atoms with E-state index in [1.165, 1.54) is 18.2 Å². The van der Waals surface area contributed by atoms with Gasteiger partial charge in [0.2, 0.25) is 5.78 Å². The molecule has 0 unspecified atom stereocenters. The summed E-state index contributed by atoms with van der Waals surface area (Å²) < 4.78 is 19.7. The third kappa shape index (κ3) is 2.16. The van der Waals surface area contributed by atoms with Crippen LogP contribution in [0, 0.1) is 12.7 Å². The molecule has 1 aromatic heterocycles. The maximum atomic E-state index is 13.3. The first-order valence-electron chi connectivity index (χ1n) is 6.05. The highest BCUT2D eigenvalue weighted by Gasteiger charge is 2.19. The molecule has 0 aliphatic carbocycles. The molecule has 0 spiro atoms. The summed E-state index contributed by atoms with van der Waals surface area (Å²) in [6.45, 7) is 1.76. The van der Waals surface area contributed by atoms with Gasteiger partial charge < -0.3 is 4.42 Å². The number of carbonyl (C=O) groups excluding carboxylic acids is 1. The number of fused-ring (bicyclic) bond motifs is 1. The molecule has 4 heteroatoms. The predicted octanol–water partition coefficient (Wildman–Crippen LogP) is 4.87. The average molecular weight is 333 g/mol. The van der Waals surface area contributed by atoms with Crippen LogP contribution in [-0.2, 0) is 0 Å². The SMILES string of the molecule is Cc1c(C(=O)c2ccc(Br)cc2)oc2ccc(F)cc12. The van der Waals surface area contributed by atoms with Crippen molar-refractivity contribution in [3.8, 4) is 0 Å². The van der Waals surface area contributed by atoms with Crippen molar-refractivity contribution in [3.63, 3.8) is 0 Å². The number of hydrogen-bond acceptors (Lipinski definition) is 2. The van der Waals surface area contributed by atoms with Gasteiger partial charge in [0.05, 0.1) is 0 Å². The molecule has 3 rings (SSSR count). The molecule has 2 nitrogen and oxygen atoms in total. The summed E-state index contributed by atoms with van der Waals surface area (Å²) in [5.41, 5.74) is 1.72. The lowest BCUT2D eigenvalue weighted by Crippen LogP contribution is -2.01. The molecule has 20 heavy (non-hydrogen) atoms. The van der Waals surface area contributed by atoms with Crippen molar-refractivity contribution in [2.24, 2.45) is 0 Å². The molecule has 2 aromatic carbocycles. The van der Waals surface area contributed by atoms with E-state index in [4.69, 9.17) is 4.42 Å². The summed E-state index contributed by atoms with van der Waals surface area (Å²) in [6.07, 6.45) is 0. The van der Waals surface area contributed by atoms with Crippen LogP contribution in [0.2, 0.25) is 0 Å². The van der Waals surface area contributed by atoms with E-state index in [0.29, 0.717) is 22.1 Å². The lowest BCUT2D eigenvalue weighted by Gasteiger charge is -1.99. The van der Waals surface area contributed by atoms with Crippen molar-refractivity contribution in [1.82, 2.24) is 0 Å². The van der Waals surface area contributed by atoms with Crippen molar-refractivity contribution in [2.45, 2.75) is 6.92 Å². The van der Waals surface area contributed by atoms with Crippen molar-refractivity contribution in [1.29, 1.82) is 0 Å². The van der Waals surface area contributed by atoms with Gasteiger partial charge in [0.15, 0.2) is 5.76 Å². The van der Waals surface area contributed by atoms with Crippen molar-refractivity contribution < 1.29 is 13.6 Å². The molecule has 0 amide bonds. The quantitative estimate of drug-likeness (QED) is 0.626. The average Bonchev–Trinajstić information content (AvgIpc) is 2.76. The largest absolute Gasteiger partial charge is 0.452 e. The molecule has 0 radical (unpaired) electrons. The summed E-state index contributed by atoms with van der Waals surface area (Å²) in [6, 6.07) is 11.3. The van der Waals surface area contributed by atoms with Crippen LogP contribution in [0.1, 0.15) is 21.7 Å². The zero-order chi connectivity index (χ0) is 14.3. The molecule has 0 bridgehead atoms. The Balaban J connectivity index is 2.12. The standard InChI is InChI=1S/C16H10BrFO2/c1-9-13-8-12(18)6-7-14(13)20-16(9)15(19)10-2-4-11(17)5-3-10/h2-8H,1H3. The minimum absolute atomic E-state index is 0.202. The lowest BCUT2D eigenvalue weighted by molar-refractivity contribution is 0.101. The Bertz CT molecular complexity index is 803. The van der Waals surface area contributed by atoms with Gasteiger partial charge in [-0.3, -0.25) is 4.79 Å². The first kappa shape index (κ1) is 13.1. The minimum Gasteiger partial charge on any atom is -0.452 e. The molecule has 0 saturated carbocycles. The minimum atomic E-state index is -0.343. The highest BCUT2D eigenvalue weighted by molar-refractivity contribution is 9.10. The zero-order valence-electron chi connectivity index (χ0n) is 10.6. The molecule has 0 aliphatic heterocycles. The first-order chi connectivity index (χ1) is 9.56. The summed E-state index contributed by atoms with van der Waals surface area (Å²) in [5.74, 6) is -0.288. The van der Waals surface area contributed by atoms with Crippen LogP contribution in [0.25, 0.3) is 11.0 Å². The van der Waals surface area contributed by atoms with Gasteiger partial charge in [-0.1, -0.05) is 15.9 Å². The Labute approximate surface area is 123 Å². The second kappa shape index (κ2) is 4.87. The van der Waals surface area contributed by atoms with E-state index >= 15 is 0 Å². The van der Waals surface area contributed by atoms with Crippen LogP contribution < -0.4 is 0 Å². The van der Waals surface area contributed by atoms with Crippen LogP contribution in [0.4, 0.5) is 4.39 Å². The molecule has 0 aliphatic rings. The maximum absolute atomic E-state index is 13.3. The van der Waals surface area contributed by atoms with Gasteiger partial charge in [0.25, 0.3) is 0 Å². The highest BCUT2D eigenvalue weighted by atomic mass is 79.9. The van der Waals surface area contributed by atoms with E-state index < -0.39 is 0 Å². The molecular formula is C16H10BrFO2. The Hall–Kier alpha value is -1.94. The van der Waals surface area contributed by atoms with E-state index in [9.17, 15) is 9.18 Å². The second-order valence-electron chi connectivity index (χ2n) is 4.53. The van der Waals surface area contributed by atoms with E-state index in [0.717, 1.165) is 4.47 Å². The van der Waals surface area contributed by atoms with Crippen LogP contribution in [-0.4, -0.2) is 5.78 Å². The highest BCUT2D eigenvalue weighted by Crippen LogP contribution is 2.28. The van der Waals surface area contributed by atoms with Gasteiger partial charge in [-0.15, -0.1) is 0 Å². The number of ketones is 1. The van der Waals surface area contributed by atoms with Gasteiger partial charge in [-0.2, -0.15) is 0 Å². The molecular weight excluding hydrogens is 323 g/mol. The molecule has 0 atom stereocenters. The van der Waals surface area contributed by atoms with Gasteiger partial charge >= 0.3 is 0 Å². The topological polar surface area (TPSA) is 30.2 Å². The fourth-order valence-corrected chi connectivity index (χ4v) is 2.41. The van der Waals surface area contributed by atoms with E-state index in [-0.39, 0.29) is 17.4 Å². The third-order valence-electron chi connectivity index (χ3n) is 3.21. The Kier molecular flexibility index (Phi) is 3.18. The summed E-state index contributed by atoms with van der Waals surface area (Å²) in [7, 11) is 0. The normalized spacial score (nSPS) is 10.9. The van der Waals surface area contributed by atoms with Gasteiger partial charge in [-0.25, -0.2) is 4.39 Å². The summed E-state index contributed by atoms with van der Waals surface area (Å²) in [5, 5.41) is 0.630. The Morgan fingerprint density at radius 3 is 2.55 bits per heavy atom. The van der Waals surface area contributed by atoms with Gasteiger partial charge in [0, 0.05) is 21.0 Å². The maximum Gasteiger partial charge on any atom is 0.228 e. The van der Waals surface area contributed by atoms with Crippen molar-refractivity contribution in [3.05, 3.63) is 69.6 Å². The van der Waals surface area contributed by atoms with Gasteiger partial charge in [0.1, 0.15) is 11.4 Å². The van der Waals surface area contributed by atoms with Gasteiger partial charge in [-0.05, 0) is 49.4 Å². The number of hydrogen-bond donors (Lipinski definition) is 0. The molecule has 3 aromatic rings. The summed E-state index contributed by atoms with van der Waals surface area (Å²) in [4.78, 5) is 12.4. The fraction of sp³-hybridized carbons (Fsp3) is 0.0625. The number of rotatable bonds is 2. The summed E-state index contributed by atoms with van der Waals surface area (Å²) >= 11 is 3.32. The number of halogens is 2. The molecule has 0 N–H and O–H groups in total. The van der Waals surface area contributed by atoms with Crippen molar-refractivity contribution >= 4 is 32.7 Å². The Morgan fingerprint density at radius 1 is 1.15 bits per heavy atom. The Morgan fingerprint density at radius 2 is 1.85 bits per heavy atom. The first-order valence-corrected chi connectivity index (χ1v) is 6.84.